The number of fused-ring (bicyclic) bond motifs is 1. The van der Waals surface area contributed by atoms with E-state index in [1.54, 1.807) is 19.2 Å². The highest BCUT2D eigenvalue weighted by Crippen LogP contribution is 2.25. The molecule has 0 fully saturated rings. The van der Waals surface area contributed by atoms with Crippen LogP contribution in [0, 0.1) is 5.82 Å². The molecule has 1 heterocycles. The van der Waals surface area contributed by atoms with E-state index in [4.69, 9.17) is 10.5 Å². The number of nitrogens with two attached hydrogens (primary N) is 1. The Kier molecular flexibility index (Phi) is 3.06. The molecule has 0 aliphatic carbocycles. The summed E-state index contributed by atoms with van der Waals surface area (Å²) in [6.45, 7) is 0.651. The molecule has 20 heavy (non-hydrogen) atoms. The molecule has 0 saturated carbocycles. The highest BCUT2D eigenvalue weighted by Gasteiger charge is 2.07. The van der Waals surface area contributed by atoms with E-state index in [9.17, 15) is 4.39 Å². The van der Waals surface area contributed by atoms with Crippen LogP contribution < -0.4 is 10.5 Å². The topological polar surface area (TPSA) is 40.2 Å². The average Bonchev–Trinajstić information content (AvgIpc) is 2.83. The van der Waals surface area contributed by atoms with E-state index in [1.165, 1.54) is 12.1 Å². The van der Waals surface area contributed by atoms with E-state index in [0.29, 0.717) is 12.2 Å². The van der Waals surface area contributed by atoms with Crippen LogP contribution in [0.5, 0.6) is 5.75 Å². The van der Waals surface area contributed by atoms with Crippen molar-refractivity contribution in [2.45, 2.75) is 6.54 Å². The van der Waals surface area contributed by atoms with Crippen LogP contribution in [0.25, 0.3) is 10.9 Å². The number of halogens is 1. The van der Waals surface area contributed by atoms with Crippen LogP contribution in [-0.2, 0) is 6.54 Å². The first-order valence-electron chi connectivity index (χ1n) is 6.34. The SMILES string of the molecule is COc1cc(N)ccc1Cn1ccc2cc(F)ccc21. The van der Waals surface area contributed by atoms with E-state index in [1.807, 2.05) is 24.4 Å². The number of aromatic nitrogens is 1. The van der Waals surface area contributed by atoms with Crippen molar-refractivity contribution in [1.82, 2.24) is 4.57 Å². The van der Waals surface area contributed by atoms with Gasteiger partial charge >= 0.3 is 0 Å². The maximum atomic E-state index is 13.2. The fourth-order valence-electron chi connectivity index (χ4n) is 2.38. The van der Waals surface area contributed by atoms with Gasteiger partial charge in [0.1, 0.15) is 11.6 Å². The predicted octanol–water partition coefficient (Wildman–Crippen LogP) is 3.42. The second-order valence-electron chi connectivity index (χ2n) is 4.72. The smallest absolute Gasteiger partial charge is 0.125 e. The lowest BCUT2D eigenvalue weighted by Gasteiger charge is -2.11. The summed E-state index contributed by atoms with van der Waals surface area (Å²) < 4.78 is 20.6. The fourth-order valence-corrected chi connectivity index (χ4v) is 2.38. The summed E-state index contributed by atoms with van der Waals surface area (Å²) in [5, 5.41) is 0.888. The standard InChI is InChI=1S/C16H15FN2O/c1-20-16-9-14(18)4-2-12(16)10-19-7-6-11-8-13(17)3-5-15(11)19/h2-9H,10,18H2,1H3. The molecule has 0 saturated heterocycles. The molecule has 0 aliphatic heterocycles. The van der Waals surface area contributed by atoms with Crippen LogP contribution in [0.15, 0.2) is 48.7 Å². The van der Waals surface area contributed by atoms with Gasteiger partial charge in [-0.3, -0.25) is 0 Å². The second kappa shape index (κ2) is 4.89. The number of benzene rings is 2. The molecule has 0 bridgehead atoms. The molecule has 0 radical (unpaired) electrons. The Balaban J connectivity index is 2.01. The zero-order valence-electron chi connectivity index (χ0n) is 11.1. The number of anilines is 1. The van der Waals surface area contributed by atoms with E-state index in [-0.39, 0.29) is 5.82 Å². The average molecular weight is 270 g/mol. The third-order valence-corrected chi connectivity index (χ3v) is 3.38. The molecule has 3 nitrogen and oxygen atoms in total. The molecule has 102 valence electrons. The minimum absolute atomic E-state index is 0.222. The van der Waals surface area contributed by atoms with E-state index >= 15 is 0 Å². The number of nitrogen functional groups attached to an aromatic ring is 1. The quantitative estimate of drug-likeness (QED) is 0.741. The molecule has 2 N–H and O–H groups in total. The van der Waals surface area contributed by atoms with Crippen LogP contribution in [0.1, 0.15) is 5.56 Å². The van der Waals surface area contributed by atoms with Crippen molar-refractivity contribution < 1.29 is 9.13 Å². The highest BCUT2D eigenvalue weighted by atomic mass is 19.1. The number of nitrogens with zero attached hydrogens (tertiary/aromatic N) is 1. The van der Waals surface area contributed by atoms with Crippen molar-refractivity contribution in [3.05, 3.63) is 60.0 Å². The lowest BCUT2D eigenvalue weighted by molar-refractivity contribution is 0.409. The molecule has 0 amide bonds. The molecular weight excluding hydrogens is 255 g/mol. The van der Waals surface area contributed by atoms with Gasteiger partial charge in [-0.2, -0.15) is 0 Å². The summed E-state index contributed by atoms with van der Waals surface area (Å²) in [6, 6.07) is 12.3. The maximum absolute atomic E-state index is 13.2. The molecule has 0 atom stereocenters. The Labute approximate surface area is 116 Å². The summed E-state index contributed by atoms with van der Waals surface area (Å²) in [6.07, 6.45) is 1.94. The predicted molar refractivity (Wildman–Crippen MR) is 78.4 cm³/mol. The van der Waals surface area contributed by atoms with Crippen molar-refractivity contribution in [3.63, 3.8) is 0 Å². The van der Waals surface area contributed by atoms with Crippen LogP contribution in [-0.4, -0.2) is 11.7 Å². The molecule has 0 aliphatic rings. The Morgan fingerprint density at radius 3 is 2.80 bits per heavy atom. The molecule has 2 aromatic carbocycles. The first-order chi connectivity index (χ1) is 9.67. The van der Waals surface area contributed by atoms with Gasteiger partial charge in [0.15, 0.2) is 0 Å². The van der Waals surface area contributed by atoms with Gasteiger partial charge in [-0.15, -0.1) is 0 Å². The first-order valence-corrected chi connectivity index (χ1v) is 6.34. The summed E-state index contributed by atoms with van der Waals surface area (Å²) in [5.41, 5.74) is 8.45. The van der Waals surface area contributed by atoms with Crippen molar-refractivity contribution in [2.75, 3.05) is 12.8 Å². The second-order valence-corrected chi connectivity index (χ2v) is 4.72. The molecule has 3 aromatic rings. The number of ether oxygens (including phenoxy) is 1. The third kappa shape index (κ3) is 2.20. The monoisotopic (exact) mass is 270 g/mol. The van der Waals surface area contributed by atoms with Crippen LogP contribution in [0.3, 0.4) is 0 Å². The van der Waals surface area contributed by atoms with Crippen LogP contribution >= 0.6 is 0 Å². The van der Waals surface area contributed by atoms with E-state index < -0.39 is 0 Å². The van der Waals surface area contributed by atoms with Gasteiger partial charge in [0, 0.05) is 34.4 Å². The molecule has 1 aromatic heterocycles. The van der Waals surface area contributed by atoms with Gasteiger partial charge in [-0.25, -0.2) is 4.39 Å². The van der Waals surface area contributed by atoms with Gasteiger partial charge < -0.3 is 15.0 Å². The van der Waals surface area contributed by atoms with Crippen LogP contribution in [0.2, 0.25) is 0 Å². The van der Waals surface area contributed by atoms with Gasteiger partial charge in [0.2, 0.25) is 0 Å². The van der Waals surface area contributed by atoms with Gasteiger partial charge in [0.05, 0.1) is 13.7 Å². The summed E-state index contributed by atoms with van der Waals surface area (Å²) in [4.78, 5) is 0. The molecule has 0 spiro atoms. The lowest BCUT2D eigenvalue weighted by Crippen LogP contribution is -2.01. The molecule has 0 unspecified atom stereocenters. The zero-order valence-corrected chi connectivity index (χ0v) is 11.1. The number of rotatable bonds is 3. The Morgan fingerprint density at radius 2 is 2.00 bits per heavy atom. The van der Waals surface area contributed by atoms with E-state index in [2.05, 4.69) is 4.57 Å². The van der Waals surface area contributed by atoms with Crippen molar-refractivity contribution in [2.24, 2.45) is 0 Å². The highest BCUT2D eigenvalue weighted by molar-refractivity contribution is 5.80. The van der Waals surface area contributed by atoms with Crippen molar-refractivity contribution >= 4 is 16.6 Å². The van der Waals surface area contributed by atoms with Gasteiger partial charge in [-0.1, -0.05) is 6.07 Å². The van der Waals surface area contributed by atoms with Gasteiger partial charge in [0.25, 0.3) is 0 Å². The maximum Gasteiger partial charge on any atom is 0.125 e. The minimum atomic E-state index is -0.222. The van der Waals surface area contributed by atoms with E-state index in [0.717, 1.165) is 22.2 Å². The molecular formula is C16H15FN2O. The first kappa shape index (κ1) is 12.5. The Hall–Kier alpha value is -2.49. The number of methoxy groups -OCH3 is 1. The number of hydrogen-bond acceptors (Lipinski definition) is 2. The van der Waals surface area contributed by atoms with Gasteiger partial charge in [-0.05, 0) is 30.3 Å². The molecule has 4 heteroatoms. The number of hydrogen-bond donors (Lipinski definition) is 1. The van der Waals surface area contributed by atoms with Crippen molar-refractivity contribution in [1.29, 1.82) is 0 Å². The molecule has 3 rings (SSSR count). The fraction of sp³-hybridized carbons (Fsp3) is 0.125. The zero-order chi connectivity index (χ0) is 14.1. The van der Waals surface area contributed by atoms with Crippen molar-refractivity contribution in [3.8, 4) is 5.75 Å². The third-order valence-electron chi connectivity index (χ3n) is 3.38. The van der Waals surface area contributed by atoms with Crippen LogP contribution in [0.4, 0.5) is 10.1 Å². The Morgan fingerprint density at radius 1 is 1.15 bits per heavy atom. The normalized spacial score (nSPS) is 10.9. The summed E-state index contributed by atoms with van der Waals surface area (Å²) in [5.74, 6) is 0.536. The largest absolute Gasteiger partial charge is 0.496 e. The lowest BCUT2D eigenvalue weighted by atomic mass is 10.1. The minimum Gasteiger partial charge on any atom is -0.496 e. The summed E-state index contributed by atoms with van der Waals surface area (Å²) in [7, 11) is 1.63. The summed E-state index contributed by atoms with van der Waals surface area (Å²) >= 11 is 0. The Bertz CT molecular complexity index is 764.